The van der Waals surface area contributed by atoms with Crippen LogP contribution in [0.5, 0.6) is 5.75 Å². The van der Waals surface area contributed by atoms with Gasteiger partial charge < -0.3 is 4.74 Å². The summed E-state index contributed by atoms with van der Waals surface area (Å²) in [5, 5.41) is 10.6. The fourth-order valence-corrected chi connectivity index (χ4v) is 3.47. The van der Waals surface area contributed by atoms with Gasteiger partial charge in [-0.25, -0.2) is 4.39 Å². The van der Waals surface area contributed by atoms with Crippen LogP contribution >= 0.6 is 11.8 Å². The number of amides is 1. The molecule has 0 atom stereocenters. The van der Waals surface area contributed by atoms with Crippen LogP contribution in [-0.4, -0.2) is 33.1 Å². The second-order valence-corrected chi connectivity index (χ2v) is 7.33. The van der Waals surface area contributed by atoms with Crippen molar-refractivity contribution in [2.45, 2.75) is 12.8 Å². The van der Waals surface area contributed by atoms with Gasteiger partial charge in [-0.05, 0) is 41.6 Å². The van der Waals surface area contributed by atoms with Gasteiger partial charge in [-0.2, -0.15) is 28.3 Å². The zero-order valence-corrected chi connectivity index (χ0v) is 16.3. The van der Waals surface area contributed by atoms with Gasteiger partial charge in [-0.15, -0.1) is 0 Å². The first-order valence-electron chi connectivity index (χ1n) is 8.76. The number of benzene rings is 2. The topological polar surface area (TPSA) is 78.1 Å². The minimum Gasteiger partial charge on any atom is -0.489 e. The number of thioether (sulfide) groups is 1. The van der Waals surface area contributed by atoms with E-state index in [1.54, 1.807) is 42.5 Å². The lowest BCUT2D eigenvalue weighted by molar-refractivity contribution is -0.114. The van der Waals surface area contributed by atoms with E-state index in [1.807, 2.05) is 0 Å². The Labute approximate surface area is 177 Å². The second-order valence-electron chi connectivity index (χ2n) is 6.37. The molecule has 158 valence electrons. The van der Waals surface area contributed by atoms with Crippen molar-refractivity contribution in [2.75, 3.05) is 0 Å². The largest absolute Gasteiger partial charge is 0.489 e. The van der Waals surface area contributed by atoms with Gasteiger partial charge in [0, 0.05) is 5.56 Å². The van der Waals surface area contributed by atoms with Crippen molar-refractivity contribution < 1.29 is 27.1 Å². The number of hydrazone groups is 1. The third-order valence-electron chi connectivity index (χ3n) is 4.24. The molecule has 0 fully saturated rings. The van der Waals surface area contributed by atoms with Crippen molar-refractivity contribution in [2.24, 2.45) is 10.1 Å². The Hall–Kier alpha value is -3.47. The zero-order chi connectivity index (χ0) is 22.2. The molecule has 31 heavy (non-hydrogen) atoms. The highest BCUT2D eigenvalue weighted by Gasteiger charge is 2.46. The van der Waals surface area contributed by atoms with Crippen LogP contribution in [0.2, 0.25) is 0 Å². The molecule has 0 aromatic heterocycles. The first kappa shape index (κ1) is 20.8. The summed E-state index contributed by atoms with van der Waals surface area (Å²) in [6.45, 7) is 0.0277. The van der Waals surface area contributed by atoms with Gasteiger partial charge in [0.15, 0.2) is 5.84 Å². The normalized spacial score (nSPS) is 17.5. The predicted molar refractivity (Wildman–Crippen MR) is 108 cm³/mol. The summed E-state index contributed by atoms with van der Waals surface area (Å²) >= 11 is 0.193. The number of hydrogen-bond acceptors (Lipinski definition) is 5. The van der Waals surface area contributed by atoms with E-state index in [0.29, 0.717) is 21.9 Å². The summed E-state index contributed by atoms with van der Waals surface area (Å²) < 4.78 is 57.8. The van der Waals surface area contributed by atoms with Crippen LogP contribution in [0.3, 0.4) is 0 Å². The lowest BCUT2D eigenvalue weighted by Gasteiger charge is -2.20. The number of alkyl halides is 3. The number of ether oxygens (including phenoxy) is 1. The molecule has 0 saturated carbocycles. The number of carbonyl (C=O) groups is 1. The Morgan fingerprint density at radius 3 is 2.52 bits per heavy atom. The molecule has 0 saturated heterocycles. The fourth-order valence-electron chi connectivity index (χ4n) is 2.71. The minimum absolute atomic E-state index is 0.0277. The maximum atomic E-state index is 13.6. The Morgan fingerprint density at radius 1 is 1.13 bits per heavy atom. The standard InChI is InChI=1S/C20H12F4N4O2S/c21-15-4-2-1-3-12(15)10-30-13-7-5-11(6-8-13)9-14-16(25)28-19(26-17(14)29)31-18(27-28)20(22,23)24/h1-9,25H,10H2/b14-9+,25-16?. The van der Waals surface area contributed by atoms with E-state index < -0.39 is 23.0 Å². The van der Waals surface area contributed by atoms with Gasteiger partial charge in [0.05, 0.1) is 5.57 Å². The average molecular weight is 448 g/mol. The van der Waals surface area contributed by atoms with Crippen molar-refractivity contribution in [1.82, 2.24) is 5.01 Å². The molecule has 1 N–H and O–H groups in total. The third kappa shape index (κ3) is 4.36. The van der Waals surface area contributed by atoms with Gasteiger partial charge in [-0.1, -0.05) is 30.3 Å². The van der Waals surface area contributed by atoms with Crippen molar-refractivity contribution in [3.63, 3.8) is 0 Å². The molecule has 0 bridgehead atoms. The molecule has 2 aromatic rings. The number of nitrogens with zero attached hydrogens (tertiary/aromatic N) is 3. The molecule has 4 rings (SSSR count). The minimum atomic E-state index is -4.70. The van der Waals surface area contributed by atoms with Crippen LogP contribution in [0, 0.1) is 11.2 Å². The summed E-state index contributed by atoms with van der Waals surface area (Å²) in [7, 11) is 0. The molecule has 6 nitrogen and oxygen atoms in total. The predicted octanol–water partition coefficient (Wildman–Crippen LogP) is 4.59. The quantitative estimate of drug-likeness (QED) is 0.549. The summed E-state index contributed by atoms with van der Waals surface area (Å²) in [6, 6.07) is 12.6. The van der Waals surface area contributed by atoms with E-state index >= 15 is 0 Å². The molecule has 2 aliphatic heterocycles. The van der Waals surface area contributed by atoms with Crippen LogP contribution in [0.1, 0.15) is 11.1 Å². The van der Waals surface area contributed by atoms with Crippen molar-refractivity contribution in [3.05, 3.63) is 71.0 Å². The molecular formula is C20H12F4N4O2S. The highest BCUT2D eigenvalue weighted by Crippen LogP contribution is 2.35. The number of aliphatic imine (C=N–C) groups is 1. The molecule has 0 aliphatic carbocycles. The number of hydrogen-bond donors (Lipinski definition) is 1. The monoisotopic (exact) mass is 448 g/mol. The maximum Gasteiger partial charge on any atom is 0.441 e. The van der Waals surface area contributed by atoms with Crippen molar-refractivity contribution >= 4 is 39.8 Å². The van der Waals surface area contributed by atoms with Crippen LogP contribution in [0.15, 0.2) is 64.2 Å². The summed E-state index contributed by atoms with van der Waals surface area (Å²) in [5.74, 6) is -1.26. The molecule has 2 aromatic carbocycles. The molecule has 1 amide bonds. The van der Waals surface area contributed by atoms with Gasteiger partial charge in [-0.3, -0.25) is 10.2 Å². The molecular weight excluding hydrogens is 436 g/mol. The Morgan fingerprint density at radius 2 is 1.84 bits per heavy atom. The van der Waals surface area contributed by atoms with Crippen LogP contribution in [-0.2, 0) is 11.4 Å². The van der Waals surface area contributed by atoms with E-state index in [1.165, 1.54) is 12.1 Å². The summed E-state index contributed by atoms with van der Waals surface area (Å²) in [5.41, 5.74) is 0.694. The Bertz CT molecular complexity index is 1160. The maximum absolute atomic E-state index is 13.6. The number of fused-ring (bicyclic) bond motifs is 1. The van der Waals surface area contributed by atoms with Gasteiger partial charge in [0.25, 0.3) is 5.91 Å². The van der Waals surface area contributed by atoms with Gasteiger partial charge in [0.1, 0.15) is 18.2 Å². The zero-order valence-electron chi connectivity index (χ0n) is 15.5. The lowest BCUT2D eigenvalue weighted by atomic mass is 10.1. The third-order valence-corrected chi connectivity index (χ3v) is 5.19. The van der Waals surface area contributed by atoms with Crippen molar-refractivity contribution in [1.29, 1.82) is 5.41 Å². The number of amidine groups is 2. The Kier molecular flexibility index (Phi) is 5.36. The summed E-state index contributed by atoms with van der Waals surface area (Å²) in [6.07, 6.45) is -3.37. The molecule has 2 aliphatic rings. The molecule has 11 heteroatoms. The van der Waals surface area contributed by atoms with E-state index in [2.05, 4.69) is 10.1 Å². The van der Waals surface area contributed by atoms with E-state index in [0.717, 1.165) is 0 Å². The van der Waals surface area contributed by atoms with Gasteiger partial charge in [0.2, 0.25) is 10.2 Å². The number of rotatable bonds is 4. The SMILES string of the molecule is N=C1/C(=C\c2ccc(OCc3ccccc3F)cc2)C(=O)N=C2SC(C(F)(F)F)=NN12. The highest BCUT2D eigenvalue weighted by molar-refractivity contribution is 8.27. The van der Waals surface area contributed by atoms with Crippen molar-refractivity contribution in [3.8, 4) is 5.75 Å². The molecule has 0 unspecified atom stereocenters. The van der Waals surface area contributed by atoms with Gasteiger partial charge >= 0.3 is 6.18 Å². The number of carbonyl (C=O) groups excluding carboxylic acids is 1. The molecule has 2 heterocycles. The Balaban J connectivity index is 1.50. The van der Waals surface area contributed by atoms with Crippen LogP contribution in [0.25, 0.3) is 6.08 Å². The molecule has 0 radical (unpaired) electrons. The first-order valence-corrected chi connectivity index (χ1v) is 9.58. The second kappa shape index (κ2) is 7.99. The van der Waals surface area contributed by atoms with E-state index in [4.69, 9.17) is 10.1 Å². The highest BCUT2D eigenvalue weighted by atomic mass is 32.2. The average Bonchev–Trinajstić information content (AvgIpc) is 3.16. The summed E-state index contributed by atoms with van der Waals surface area (Å²) in [4.78, 5) is 15.8. The smallest absolute Gasteiger partial charge is 0.441 e. The number of halogens is 4. The van der Waals surface area contributed by atoms with Crippen LogP contribution in [0.4, 0.5) is 17.6 Å². The molecule has 0 spiro atoms. The first-order chi connectivity index (χ1) is 14.7. The van der Waals surface area contributed by atoms with Crippen LogP contribution < -0.4 is 4.74 Å². The van der Waals surface area contributed by atoms with E-state index in [9.17, 15) is 22.4 Å². The lowest BCUT2D eigenvalue weighted by Crippen LogP contribution is -2.35. The van der Waals surface area contributed by atoms with E-state index in [-0.39, 0.29) is 34.9 Å². The number of nitrogens with one attached hydrogen (secondary N) is 1. The fraction of sp³-hybridized carbons (Fsp3) is 0.100.